The van der Waals surface area contributed by atoms with Crippen LogP contribution in [0.3, 0.4) is 0 Å². The molecule has 3 heteroatoms. The summed E-state index contributed by atoms with van der Waals surface area (Å²) < 4.78 is 18.9. The molecule has 0 heterocycles. The van der Waals surface area contributed by atoms with Gasteiger partial charge in [0, 0.05) is 11.1 Å². The van der Waals surface area contributed by atoms with Crippen molar-refractivity contribution >= 4 is 0 Å². The van der Waals surface area contributed by atoms with Crippen molar-refractivity contribution in [3.63, 3.8) is 0 Å². The second-order valence-electron chi connectivity index (χ2n) is 6.19. The standard InChI is InChI=1S/C16H22FNO/c1-19-15-7-6-13(17)9-14(15)16(18)8-2-3-12(10-16)11-4-5-11/h6-7,9,11-12H,2-5,8,10,18H2,1H3. The molecule has 104 valence electrons. The molecule has 0 spiro atoms. The predicted molar refractivity (Wildman–Crippen MR) is 73.5 cm³/mol. The van der Waals surface area contributed by atoms with Gasteiger partial charge in [-0.1, -0.05) is 12.8 Å². The van der Waals surface area contributed by atoms with Crippen LogP contribution in [0.15, 0.2) is 18.2 Å². The zero-order valence-corrected chi connectivity index (χ0v) is 11.5. The smallest absolute Gasteiger partial charge is 0.124 e. The van der Waals surface area contributed by atoms with Crippen LogP contribution in [0.5, 0.6) is 5.75 Å². The van der Waals surface area contributed by atoms with Gasteiger partial charge < -0.3 is 10.5 Å². The van der Waals surface area contributed by atoms with Crippen molar-refractivity contribution < 1.29 is 9.13 Å². The van der Waals surface area contributed by atoms with Gasteiger partial charge in [0.1, 0.15) is 11.6 Å². The minimum Gasteiger partial charge on any atom is -0.496 e. The van der Waals surface area contributed by atoms with Crippen LogP contribution in [0.2, 0.25) is 0 Å². The van der Waals surface area contributed by atoms with Crippen molar-refractivity contribution in [2.24, 2.45) is 17.6 Å². The van der Waals surface area contributed by atoms with E-state index in [0.29, 0.717) is 5.92 Å². The van der Waals surface area contributed by atoms with Crippen molar-refractivity contribution in [3.05, 3.63) is 29.6 Å². The topological polar surface area (TPSA) is 35.2 Å². The molecule has 0 amide bonds. The molecule has 1 aromatic carbocycles. The Morgan fingerprint density at radius 1 is 1.26 bits per heavy atom. The molecule has 2 saturated carbocycles. The molecular weight excluding hydrogens is 241 g/mol. The highest BCUT2D eigenvalue weighted by Gasteiger charge is 2.42. The fraction of sp³-hybridized carbons (Fsp3) is 0.625. The van der Waals surface area contributed by atoms with E-state index in [1.807, 2.05) is 0 Å². The van der Waals surface area contributed by atoms with Gasteiger partial charge in [-0.2, -0.15) is 0 Å². The zero-order chi connectivity index (χ0) is 13.5. The lowest BCUT2D eigenvalue weighted by molar-refractivity contribution is 0.201. The molecule has 2 aliphatic carbocycles. The molecule has 3 rings (SSSR count). The molecule has 19 heavy (non-hydrogen) atoms. The number of benzene rings is 1. The fourth-order valence-electron chi connectivity index (χ4n) is 3.64. The second-order valence-corrected chi connectivity index (χ2v) is 6.19. The lowest BCUT2D eigenvalue weighted by atomic mass is 9.71. The van der Waals surface area contributed by atoms with Crippen LogP contribution in [-0.4, -0.2) is 7.11 Å². The average molecular weight is 263 g/mol. The summed E-state index contributed by atoms with van der Waals surface area (Å²) in [7, 11) is 1.63. The van der Waals surface area contributed by atoms with Gasteiger partial charge in [0.05, 0.1) is 7.11 Å². The Labute approximate surface area is 114 Å². The van der Waals surface area contributed by atoms with Gasteiger partial charge in [0.15, 0.2) is 0 Å². The third-order valence-corrected chi connectivity index (χ3v) is 4.81. The Morgan fingerprint density at radius 3 is 2.74 bits per heavy atom. The number of methoxy groups -OCH3 is 1. The largest absolute Gasteiger partial charge is 0.496 e. The molecular formula is C16H22FNO. The van der Waals surface area contributed by atoms with Crippen LogP contribution in [0.1, 0.15) is 44.1 Å². The highest BCUT2D eigenvalue weighted by Crippen LogP contribution is 2.49. The lowest BCUT2D eigenvalue weighted by Crippen LogP contribution is -2.42. The molecule has 2 N–H and O–H groups in total. The summed E-state index contributed by atoms with van der Waals surface area (Å²) in [6, 6.07) is 4.70. The number of ether oxygens (including phenoxy) is 1. The highest BCUT2D eigenvalue weighted by molar-refractivity contribution is 5.40. The monoisotopic (exact) mass is 263 g/mol. The van der Waals surface area contributed by atoms with E-state index in [0.717, 1.165) is 36.5 Å². The normalized spacial score (nSPS) is 31.2. The van der Waals surface area contributed by atoms with E-state index in [1.165, 1.54) is 25.3 Å². The van der Waals surface area contributed by atoms with Crippen molar-refractivity contribution in [1.82, 2.24) is 0 Å². The Morgan fingerprint density at radius 2 is 2.05 bits per heavy atom. The summed E-state index contributed by atoms with van der Waals surface area (Å²) in [6.07, 6.45) is 7.01. The fourth-order valence-corrected chi connectivity index (χ4v) is 3.64. The van der Waals surface area contributed by atoms with Gasteiger partial charge in [-0.3, -0.25) is 0 Å². The van der Waals surface area contributed by atoms with E-state index < -0.39 is 5.54 Å². The minimum atomic E-state index is -0.418. The SMILES string of the molecule is COc1ccc(F)cc1C1(N)CCCC(C2CC2)C1. The first kappa shape index (κ1) is 12.9. The number of halogens is 1. The van der Waals surface area contributed by atoms with Crippen LogP contribution >= 0.6 is 0 Å². The van der Waals surface area contributed by atoms with E-state index in [4.69, 9.17) is 10.5 Å². The van der Waals surface area contributed by atoms with Crippen molar-refractivity contribution in [1.29, 1.82) is 0 Å². The van der Waals surface area contributed by atoms with Crippen LogP contribution < -0.4 is 10.5 Å². The number of rotatable bonds is 3. The third-order valence-electron chi connectivity index (χ3n) is 4.81. The molecule has 2 atom stereocenters. The van der Waals surface area contributed by atoms with Crippen molar-refractivity contribution in [3.8, 4) is 5.75 Å². The van der Waals surface area contributed by atoms with Gasteiger partial charge in [-0.25, -0.2) is 4.39 Å². The van der Waals surface area contributed by atoms with Gasteiger partial charge in [0.25, 0.3) is 0 Å². The van der Waals surface area contributed by atoms with Gasteiger partial charge in [0.2, 0.25) is 0 Å². The highest BCUT2D eigenvalue weighted by atomic mass is 19.1. The van der Waals surface area contributed by atoms with Gasteiger partial charge in [-0.05, 0) is 55.7 Å². The summed E-state index contributed by atoms with van der Waals surface area (Å²) in [5.41, 5.74) is 7.06. The maximum Gasteiger partial charge on any atom is 0.124 e. The average Bonchev–Trinajstić information content (AvgIpc) is 3.23. The Kier molecular flexibility index (Phi) is 3.25. The van der Waals surface area contributed by atoms with Crippen LogP contribution in [-0.2, 0) is 5.54 Å². The Hall–Kier alpha value is -1.09. The molecule has 1 aromatic rings. The molecule has 2 nitrogen and oxygen atoms in total. The summed E-state index contributed by atoms with van der Waals surface area (Å²) in [5.74, 6) is 2.07. The predicted octanol–water partition coefficient (Wildman–Crippen LogP) is 3.59. The van der Waals surface area contributed by atoms with Crippen molar-refractivity contribution in [2.45, 2.75) is 44.1 Å². The minimum absolute atomic E-state index is 0.228. The van der Waals surface area contributed by atoms with E-state index in [-0.39, 0.29) is 5.82 Å². The maximum atomic E-state index is 13.6. The molecule has 0 saturated heterocycles. The zero-order valence-electron chi connectivity index (χ0n) is 11.5. The van der Waals surface area contributed by atoms with Crippen LogP contribution in [0.25, 0.3) is 0 Å². The first-order valence-electron chi connectivity index (χ1n) is 7.25. The van der Waals surface area contributed by atoms with E-state index in [1.54, 1.807) is 19.2 Å². The summed E-state index contributed by atoms with van der Waals surface area (Å²) >= 11 is 0. The molecule has 2 unspecified atom stereocenters. The summed E-state index contributed by atoms with van der Waals surface area (Å²) in [6.45, 7) is 0. The quantitative estimate of drug-likeness (QED) is 0.904. The number of nitrogens with two attached hydrogens (primary N) is 1. The molecule has 0 aliphatic heterocycles. The Balaban J connectivity index is 1.91. The van der Waals surface area contributed by atoms with E-state index >= 15 is 0 Å². The van der Waals surface area contributed by atoms with Gasteiger partial charge >= 0.3 is 0 Å². The maximum absolute atomic E-state index is 13.6. The first-order chi connectivity index (χ1) is 9.12. The summed E-state index contributed by atoms with van der Waals surface area (Å²) in [5, 5.41) is 0. The number of hydrogen-bond donors (Lipinski definition) is 1. The molecule has 0 bridgehead atoms. The van der Waals surface area contributed by atoms with E-state index in [9.17, 15) is 4.39 Å². The lowest BCUT2D eigenvalue weighted by Gasteiger charge is -2.39. The molecule has 0 radical (unpaired) electrons. The second kappa shape index (κ2) is 4.78. The molecule has 2 fully saturated rings. The Bertz CT molecular complexity index is 472. The summed E-state index contributed by atoms with van der Waals surface area (Å²) in [4.78, 5) is 0. The number of hydrogen-bond acceptors (Lipinski definition) is 2. The molecule has 2 aliphatic rings. The van der Waals surface area contributed by atoms with Crippen LogP contribution in [0, 0.1) is 17.7 Å². The van der Waals surface area contributed by atoms with Crippen molar-refractivity contribution in [2.75, 3.05) is 7.11 Å². The first-order valence-corrected chi connectivity index (χ1v) is 7.25. The van der Waals surface area contributed by atoms with E-state index in [2.05, 4.69) is 0 Å². The third kappa shape index (κ3) is 2.48. The van der Waals surface area contributed by atoms with Crippen LogP contribution in [0.4, 0.5) is 4.39 Å². The van der Waals surface area contributed by atoms with Gasteiger partial charge in [-0.15, -0.1) is 0 Å². The molecule has 0 aromatic heterocycles.